The van der Waals surface area contributed by atoms with Crippen molar-refractivity contribution in [2.75, 3.05) is 20.8 Å². The molecular weight excluding hydrogens is 380 g/mol. The van der Waals surface area contributed by atoms with Gasteiger partial charge in [-0.15, -0.1) is 0 Å². The van der Waals surface area contributed by atoms with Gasteiger partial charge in [0.25, 0.3) is 0 Å². The van der Waals surface area contributed by atoms with Crippen molar-refractivity contribution in [2.24, 2.45) is 0 Å². The highest BCUT2D eigenvalue weighted by molar-refractivity contribution is 5.83. The van der Waals surface area contributed by atoms with E-state index in [0.29, 0.717) is 24.5 Å². The summed E-state index contributed by atoms with van der Waals surface area (Å²) in [6.45, 7) is 0.680. The van der Waals surface area contributed by atoms with Gasteiger partial charge in [0, 0.05) is 11.6 Å². The average molecular weight is 406 g/mol. The number of benzene rings is 2. The summed E-state index contributed by atoms with van der Waals surface area (Å²) in [5.74, 6) is 0.553. The molecular formula is C24H26N2O4. The number of nitrogens with zero attached hydrogens (tertiary/aromatic N) is 2. The normalized spacial score (nSPS) is 18.1. The van der Waals surface area contributed by atoms with Crippen molar-refractivity contribution in [1.29, 1.82) is 0 Å². The van der Waals surface area contributed by atoms with E-state index in [2.05, 4.69) is 9.88 Å². The Bertz CT molecular complexity index is 1020. The van der Waals surface area contributed by atoms with Crippen LogP contribution in [0.25, 0.3) is 10.9 Å². The molecule has 2 unspecified atom stereocenters. The molecule has 1 aromatic heterocycles. The van der Waals surface area contributed by atoms with Crippen LogP contribution in [0.15, 0.2) is 54.7 Å². The van der Waals surface area contributed by atoms with Crippen molar-refractivity contribution < 1.29 is 19.4 Å². The largest absolute Gasteiger partial charge is 0.496 e. The lowest BCUT2D eigenvalue weighted by atomic mass is 9.89. The van der Waals surface area contributed by atoms with Crippen LogP contribution in [-0.2, 0) is 4.79 Å². The standard InChI is InChI=1S/C24H26N2O4/c1-29-20-11-7-12-21(30-2)22(20)23(26-15-6-5-10-19(26)24(27)28)17-13-14-25-18-9-4-3-8-16(17)18/h3-4,7-9,11-14,19,23H,5-6,10,15H2,1-2H3,(H,27,28). The summed E-state index contributed by atoms with van der Waals surface area (Å²) in [6.07, 6.45) is 4.25. The lowest BCUT2D eigenvalue weighted by Crippen LogP contribution is -2.47. The number of carbonyl (C=O) groups is 1. The van der Waals surface area contributed by atoms with E-state index in [1.807, 2.05) is 48.5 Å². The van der Waals surface area contributed by atoms with Crippen molar-refractivity contribution in [1.82, 2.24) is 9.88 Å². The van der Waals surface area contributed by atoms with Crippen LogP contribution < -0.4 is 9.47 Å². The number of methoxy groups -OCH3 is 2. The van der Waals surface area contributed by atoms with Crippen molar-refractivity contribution in [2.45, 2.75) is 31.3 Å². The molecule has 6 nitrogen and oxygen atoms in total. The SMILES string of the molecule is COc1cccc(OC)c1C(c1ccnc2ccccc12)N1CCCCC1C(=O)O. The molecule has 156 valence electrons. The van der Waals surface area contributed by atoms with Gasteiger partial charge in [0.1, 0.15) is 17.5 Å². The minimum atomic E-state index is -0.799. The van der Waals surface area contributed by atoms with E-state index in [-0.39, 0.29) is 6.04 Å². The third kappa shape index (κ3) is 3.59. The molecule has 0 radical (unpaired) electrons. The van der Waals surface area contributed by atoms with Crippen LogP contribution in [0, 0.1) is 0 Å². The third-order valence-corrected chi connectivity index (χ3v) is 5.88. The fraction of sp³-hybridized carbons (Fsp3) is 0.333. The van der Waals surface area contributed by atoms with Crippen LogP contribution in [0.2, 0.25) is 0 Å². The number of pyridine rings is 1. The summed E-state index contributed by atoms with van der Waals surface area (Å²) in [4.78, 5) is 18.8. The lowest BCUT2D eigenvalue weighted by Gasteiger charge is -2.40. The Kier molecular flexibility index (Phi) is 5.86. The molecule has 1 aliphatic heterocycles. The molecule has 1 N–H and O–H groups in total. The number of aromatic nitrogens is 1. The highest BCUT2D eigenvalue weighted by Gasteiger charge is 2.38. The van der Waals surface area contributed by atoms with Gasteiger partial charge in [0.2, 0.25) is 0 Å². The predicted molar refractivity (Wildman–Crippen MR) is 115 cm³/mol. The maximum absolute atomic E-state index is 12.2. The second-order valence-electron chi connectivity index (χ2n) is 7.48. The van der Waals surface area contributed by atoms with Crippen molar-refractivity contribution >= 4 is 16.9 Å². The van der Waals surface area contributed by atoms with E-state index in [0.717, 1.165) is 34.9 Å². The number of rotatable bonds is 6. The number of ether oxygens (including phenoxy) is 2. The average Bonchev–Trinajstić information content (AvgIpc) is 2.79. The number of aliphatic carboxylic acids is 1. The molecule has 0 aliphatic carbocycles. The maximum atomic E-state index is 12.2. The lowest BCUT2D eigenvalue weighted by molar-refractivity contribution is -0.145. The fourth-order valence-corrected chi connectivity index (χ4v) is 4.53. The Balaban J connectivity index is 2.00. The van der Waals surface area contributed by atoms with E-state index < -0.39 is 12.0 Å². The summed E-state index contributed by atoms with van der Waals surface area (Å²) in [5.41, 5.74) is 2.71. The van der Waals surface area contributed by atoms with Crippen molar-refractivity contribution in [3.05, 3.63) is 65.9 Å². The van der Waals surface area contributed by atoms with Crippen LogP contribution in [0.4, 0.5) is 0 Å². The van der Waals surface area contributed by atoms with Crippen molar-refractivity contribution in [3.8, 4) is 11.5 Å². The van der Waals surface area contributed by atoms with Crippen LogP contribution in [-0.4, -0.2) is 47.8 Å². The van der Waals surface area contributed by atoms with Gasteiger partial charge >= 0.3 is 5.97 Å². The molecule has 1 aliphatic rings. The molecule has 1 fully saturated rings. The number of carboxylic acid groups (broad SMARTS) is 1. The van der Waals surface area contributed by atoms with Gasteiger partial charge < -0.3 is 14.6 Å². The summed E-state index contributed by atoms with van der Waals surface area (Å²) < 4.78 is 11.4. The molecule has 0 bridgehead atoms. The van der Waals surface area contributed by atoms with Gasteiger partial charge in [-0.2, -0.15) is 0 Å². The molecule has 2 atom stereocenters. The first-order valence-electron chi connectivity index (χ1n) is 10.2. The summed E-state index contributed by atoms with van der Waals surface area (Å²) in [6, 6.07) is 14.7. The van der Waals surface area contributed by atoms with Gasteiger partial charge in [0.15, 0.2) is 0 Å². The summed E-state index contributed by atoms with van der Waals surface area (Å²) in [5, 5.41) is 11.0. The first-order valence-corrected chi connectivity index (χ1v) is 10.2. The van der Waals surface area contributed by atoms with Gasteiger partial charge in [-0.25, -0.2) is 0 Å². The maximum Gasteiger partial charge on any atom is 0.320 e. The molecule has 30 heavy (non-hydrogen) atoms. The smallest absolute Gasteiger partial charge is 0.320 e. The Morgan fingerprint density at radius 3 is 2.50 bits per heavy atom. The highest BCUT2D eigenvalue weighted by Crippen LogP contribution is 2.44. The van der Waals surface area contributed by atoms with Gasteiger partial charge in [-0.3, -0.25) is 14.7 Å². The quantitative estimate of drug-likeness (QED) is 0.659. The minimum absolute atomic E-state index is 0.342. The Morgan fingerprint density at radius 2 is 1.80 bits per heavy atom. The minimum Gasteiger partial charge on any atom is -0.496 e. The Morgan fingerprint density at radius 1 is 1.07 bits per heavy atom. The Labute approximate surface area is 176 Å². The molecule has 2 aromatic carbocycles. The molecule has 3 aromatic rings. The van der Waals surface area contributed by atoms with Crippen LogP contribution in [0.3, 0.4) is 0 Å². The predicted octanol–water partition coefficient (Wildman–Crippen LogP) is 4.28. The Hall–Kier alpha value is -3.12. The van der Waals surface area contributed by atoms with Crippen LogP contribution in [0.1, 0.15) is 36.4 Å². The zero-order valence-electron chi connectivity index (χ0n) is 17.2. The second kappa shape index (κ2) is 8.71. The fourth-order valence-electron chi connectivity index (χ4n) is 4.53. The second-order valence-corrected chi connectivity index (χ2v) is 7.48. The molecule has 0 saturated carbocycles. The number of piperidine rings is 1. The van der Waals surface area contributed by atoms with Gasteiger partial charge in [0.05, 0.1) is 31.3 Å². The number of hydrogen-bond donors (Lipinski definition) is 1. The highest BCUT2D eigenvalue weighted by atomic mass is 16.5. The number of likely N-dealkylation sites (tertiary alicyclic amines) is 1. The first-order chi connectivity index (χ1) is 14.7. The number of para-hydroxylation sites is 1. The topological polar surface area (TPSA) is 71.9 Å². The van der Waals surface area contributed by atoms with E-state index in [1.165, 1.54) is 0 Å². The van der Waals surface area contributed by atoms with Gasteiger partial charge in [-0.1, -0.05) is 30.7 Å². The molecule has 4 rings (SSSR count). The van der Waals surface area contributed by atoms with E-state index in [9.17, 15) is 9.90 Å². The number of fused-ring (bicyclic) bond motifs is 1. The van der Waals surface area contributed by atoms with E-state index in [1.54, 1.807) is 20.4 Å². The molecule has 0 spiro atoms. The van der Waals surface area contributed by atoms with Gasteiger partial charge in [-0.05, 0) is 49.2 Å². The summed E-state index contributed by atoms with van der Waals surface area (Å²) >= 11 is 0. The van der Waals surface area contributed by atoms with Crippen LogP contribution >= 0.6 is 0 Å². The summed E-state index contributed by atoms with van der Waals surface area (Å²) in [7, 11) is 3.26. The van der Waals surface area contributed by atoms with Crippen LogP contribution in [0.5, 0.6) is 11.5 Å². The number of carboxylic acids is 1. The van der Waals surface area contributed by atoms with E-state index in [4.69, 9.17) is 9.47 Å². The molecule has 6 heteroatoms. The number of hydrogen-bond acceptors (Lipinski definition) is 5. The zero-order valence-corrected chi connectivity index (χ0v) is 17.2. The molecule has 0 amide bonds. The van der Waals surface area contributed by atoms with Crippen molar-refractivity contribution in [3.63, 3.8) is 0 Å². The third-order valence-electron chi connectivity index (χ3n) is 5.88. The molecule has 1 saturated heterocycles. The zero-order chi connectivity index (χ0) is 21.1. The molecule has 2 heterocycles. The monoisotopic (exact) mass is 406 g/mol. The first kappa shape index (κ1) is 20.2. The van der Waals surface area contributed by atoms with E-state index >= 15 is 0 Å².